The van der Waals surface area contributed by atoms with Crippen molar-refractivity contribution in [3.8, 4) is 0 Å². The Morgan fingerprint density at radius 1 is 1.13 bits per heavy atom. The third-order valence-corrected chi connectivity index (χ3v) is 3.35. The molecule has 0 radical (unpaired) electrons. The van der Waals surface area contributed by atoms with E-state index in [1.807, 2.05) is 0 Å². The molecule has 3 heteroatoms. The van der Waals surface area contributed by atoms with Crippen LogP contribution in [0.15, 0.2) is 0 Å². The van der Waals surface area contributed by atoms with Gasteiger partial charge in [-0.2, -0.15) is 0 Å². The second-order valence-electron chi connectivity index (χ2n) is 6.05. The smallest absolute Gasteiger partial charge is 0.0765 e. The molecule has 90 valence electrons. The molecule has 0 saturated carbocycles. The lowest BCUT2D eigenvalue weighted by atomic mass is 9.89. The van der Waals surface area contributed by atoms with E-state index in [1.165, 1.54) is 6.42 Å². The summed E-state index contributed by atoms with van der Waals surface area (Å²) in [6.45, 7) is 13.6. The zero-order chi connectivity index (χ0) is 11.6. The molecule has 3 atom stereocenters. The van der Waals surface area contributed by atoms with Gasteiger partial charge >= 0.3 is 0 Å². The summed E-state index contributed by atoms with van der Waals surface area (Å²) < 4.78 is 0. The monoisotopic (exact) mass is 213 g/mol. The predicted octanol–water partition coefficient (Wildman–Crippen LogP) is 2.06. The molecular formula is C12H27N3. The van der Waals surface area contributed by atoms with E-state index in [2.05, 4.69) is 57.7 Å². The highest BCUT2D eigenvalue weighted by molar-refractivity contribution is 4.88. The summed E-state index contributed by atoms with van der Waals surface area (Å²) in [5.41, 5.74) is 6.99. The van der Waals surface area contributed by atoms with E-state index in [9.17, 15) is 0 Å². The highest BCUT2D eigenvalue weighted by Gasteiger charge is 2.35. The van der Waals surface area contributed by atoms with Crippen LogP contribution in [0.2, 0.25) is 0 Å². The van der Waals surface area contributed by atoms with Gasteiger partial charge in [-0.25, -0.2) is 10.9 Å². The Balaban J connectivity index is 2.55. The molecule has 1 aliphatic heterocycles. The molecule has 0 aliphatic carbocycles. The minimum atomic E-state index is 0.247. The third-order valence-electron chi connectivity index (χ3n) is 3.35. The first-order chi connectivity index (χ1) is 6.86. The summed E-state index contributed by atoms with van der Waals surface area (Å²) in [5, 5.41) is 3.64. The van der Waals surface area contributed by atoms with Crippen molar-refractivity contribution in [3.63, 3.8) is 0 Å². The fourth-order valence-electron chi connectivity index (χ4n) is 2.23. The van der Waals surface area contributed by atoms with Crippen molar-refractivity contribution in [1.29, 1.82) is 0 Å². The van der Waals surface area contributed by atoms with Crippen LogP contribution < -0.4 is 16.2 Å². The fraction of sp³-hybridized carbons (Fsp3) is 1.00. The Morgan fingerprint density at radius 2 is 1.73 bits per heavy atom. The summed E-state index contributed by atoms with van der Waals surface area (Å²) in [7, 11) is 0. The lowest BCUT2D eigenvalue weighted by Gasteiger charge is -2.29. The lowest BCUT2D eigenvalue weighted by Crippen LogP contribution is -2.46. The SMILES string of the molecule is CCC(C(C)C)C1NNC(C(C)(C)C)N1. The van der Waals surface area contributed by atoms with Gasteiger partial charge in [-0.1, -0.05) is 48.0 Å². The van der Waals surface area contributed by atoms with Crippen LogP contribution in [0, 0.1) is 17.3 Å². The van der Waals surface area contributed by atoms with Gasteiger partial charge < -0.3 is 0 Å². The summed E-state index contributed by atoms with van der Waals surface area (Å²) in [5.74, 6) is 1.39. The molecule has 0 amide bonds. The number of hydrogen-bond donors (Lipinski definition) is 3. The van der Waals surface area contributed by atoms with Crippen molar-refractivity contribution in [1.82, 2.24) is 16.2 Å². The van der Waals surface area contributed by atoms with E-state index in [-0.39, 0.29) is 5.41 Å². The van der Waals surface area contributed by atoms with Crippen LogP contribution in [0.5, 0.6) is 0 Å². The normalized spacial score (nSPS) is 29.8. The average Bonchev–Trinajstić information content (AvgIpc) is 2.52. The summed E-state index contributed by atoms with van der Waals surface area (Å²) in [4.78, 5) is 0. The molecule has 3 unspecified atom stereocenters. The van der Waals surface area contributed by atoms with Gasteiger partial charge in [0.25, 0.3) is 0 Å². The van der Waals surface area contributed by atoms with E-state index in [0.29, 0.717) is 24.2 Å². The largest absolute Gasteiger partial charge is 0.284 e. The highest BCUT2D eigenvalue weighted by Crippen LogP contribution is 2.24. The first-order valence-electron chi connectivity index (χ1n) is 6.13. The molecule has 3 N–H and O–H groups in total. The van der Waals surface area contributed by atoms with E-state index >= 15 is 0 Å². The van der Waals surface area contributed by atoms with Gasteiger partial charge in [-0.3, -0.25) is 5.32 Å². The molecule has 1 heterocycles. The number of hydrazine groups is 1. The maximum Gasteiger partial charge on any atom is 0.0765 e. The lowest BCUT2D eigenvalue weighted by molar-refractivity contribution is 0.234. The summed E-state index contributed by atoms with van der Waals surface area (Å²) >= 11 is 0. The predicted molar refractivity (Wildman–Crippen MR) is 65.1 cm³/mol. The molecule has 0 aromatic carbocycles. The quantitative estimate of drug-likeness (QED) is 0.671. The van der Waals surface area contributed by atoms with Crippen LogP contribution in [0.4, 0.5) is 0 Å². The van der Waals surface area contributed by atoms with E-state index < -0.39 is 0 Å². The molecule has 0 aromatic rings. The highest BCUT2D eigenvalue weighted by atomic mass is 15.5. The first kappa shape index (κ1) is 12.9. The minimum absolute atomic E-state index is 0.247. The molecule has 1 saturated heterocycles. The van der Waals surface area contributed by atoms with Gasteiger partial charge in [0.2, 0.25) is 0 Å². The van der Waals surface area contributed by atoms with E-state index in [1.54, 1.807) is 0 Å². The molecule has 0 spiro atoms. The number of hydrogen-bond acceptors (Lipinski definition) is 3. The van der Waals surface area contributed by atoms with Gasteiger partial charge in [-0.15, -0.1) is 0 Å². The van der Waals surface area contributed by atoms with Crippen molar-refractivity contribution in [3.05, 3.63) is 0 Å². The van der Waals surface area contributed by atoms with Crippen molar-refractivity contribution in [2.45, 2.75) is 60.3 Å². The van der Waals surface area contributed by atoms with Crippen molar-refractivity contribution < 1.29 is 0 Å². The fourth-order valence-corrected chi connectivity index (χ4v) is 2.23. The van der Waals surface area contributed by atoms with Gasteiger partial charge in [0.1, 0.15) is 0 Å². The molecule has 1 rings (SSSR count). The van der Waals surface area contributed by atoms with Crippen LogP contribution >= 0.6 is 0 Å². The van der Waals surface area contributed by atoms with Crippen LogP contribution in [0.3, 0.4) is 0 Å². The average molecular weight is 213 g/mol. The van der Waals surface area contributed by atoms with Crippen LogP contribution in [-0.2, 0) is 0 Å². The summed E-state index contributed by atoms with van der Waals surface area (Å²) in [6.07, 6.45) is 1.97. The topological polar surface area (TPSA) is 36.1 Å². The zero-order valence-corrected chi connectivity index (χ0v) is 11.0. The van der Waals surface area contributed by atoms with Gasteiger partial charge in [0.15, 0.2) is 0 Å². The Hall–Kier alpha value is -0.120. The van der Waals surface area contributed by atoms with Gasteiger partial charge in [0.05, 0.1) is 12.3 Å². The Bertz CT molecular complexity index is 196. The molecule has 1 aliphatic rings. The van der Waals surface area contributed by atoms with E-state index in [0.717, 1.165) is 0 Å². The molecule has 1 fully saturated rings. The van der Waals surface area contributed by atoms with Crippen molar-refractivity contribution in [2.75, 3.05) is 0 Å². The van der Waals surface area contributed by atoms with Crippen molar-refractivity contribution in [2.24, 2.45) is 17.3 Å². The standard InChI is InChI=1S/C12H27N3/c1-7-9(8(2)3)10-13-11(15-14-10)12(4,5)6/h8-11,13-15H,7H2,1-6H3. The van der Waals surface area contributed by atoms with Gasteiger partial charge in [0, 0.05) is 0 Å². The minimum Gasteiger partial charge on any atom is -0.284 e. The second kappa shape index (κ2) is 4.81. The Kier molecular flexibility index (Phi) is 4.15. The molecule has 0 aromatic heterocycles. The van der Waals surface area contributed by atoms with Crippen LogP contribution in [-0.4, -0.2) is 12.3 Å². The maximum absolute atomic E-state index is 3.64. The number of nitrogens with one attached hydrogen (secondary N) is 3. The molecular weight excluding hydrogens is 186 g/mol. The second-order valence-corrected chi connectivity index (χ2v) is 6.05. The van der Waals surface area contributed by atoms with Gasteiger partial charge in [-0.05, 0) is 17.3 Å². The Labute approximate surface area is 94.4 Å². The third kappa shape index (κ3) is 3.16. The Morgan fingerprint density at radius 3 is 2.07 bits per heavy atom. The zero-order valence-electron chi connectivity index (χ0n) is 11.0. The summed E-state index contributed by atoms with van der Waals surface area (Å²) in [6, 6.07) is 0. The van der Waals surface area contributed by atoms with Crippen LogP contribution in [0.1, 0.15) is 48.0 Å². The molecule has 0 bridgehead atoms. The molecule has 15 heavy (non-hydrogen) atoms. The first-order valence-corrected chi connectivity index (χ1v) is 6.13. The molecule has 3 nitrogen and oxygen atoms in total. The van der Waals surface area contributed by atoms with E-state index in [4.69, 9.17) is 0 Å². The van der Waals surface area contributed by atoms with Crippen LogP contribution in [0.25, 0.3) is 0 Å². The van der Waals surface area contributed by atoms with Crippen molar-refractivity contribution >= 4 is 0 Å². The number of rotatable bonds is 3. The maximum atomic E-state index is 3.64.